The molecule has 4 heteroatoms. The van der Waals surface area contributed by atoms with Gasteiger partial charge in [-0.25, -0.2) is 0 Å². The summed E-state index contributed by atoms with van der Waals surface area (Å²) in [6.45, 7) is 5.58. The number of hydrogen-bond acceptors (Lipinski definition) is 3. The summed E-state index contributed by atoms with van der Waals surface area (Å²) in [5, 5.41) is 9.23. The summed E-state index contributed by atoms with van der Waals surface area (Å²) in [7, 11) is 2.11. The van der Waals surface area contributed by atoms with E-state index in [0.717, 1.165) is 37.2 Å². The van der Waals surface area contributed by atoms with E-state index in [0.29, 0.717) is 6.42 Å². The number of likely N-dealkylation sites (tertiary alicyclic amines) is 1. The monoisotopic (exact) mass is 291 g/mol. The highest BCUT2D eigenvalue weighted by Gasteiger charge is 2.27. The lowest BCUT2D eigenvalue weighted by Crippen LogP contribution is -2.38. The van der Waals surface area contributed by atoms with Gasteiger partial charge >= 0.3 is 5.97 Å². The van der Waals surface area contributed by atoms with E-state index in [-0.39, 0.29) is 6.10 Å². The zero-order chi connectivity index (χ0) is 15.5. The second-order valence-corrected chi connectivity index (χ2v) is 6.66. The number of aliphatic carboxylic acids is 1. The van der Waals surface area contributed by atoms with Gasteiger partial charge in [0.15, 0.2) is 0 Å². The zero-order valence-corrected chi connectivity index (χ0v) is 13.1. The van der Waals surface area contributed by atoms with Gasteiger partial charge in [-0.3, -0.25) is 4.79 Å². The molecule has 1 heterocycles. The summed E-state index contributed by atoms with van der Waals surface area (Å²) in [4.78, 5) is 13.5. The van der Waals surface area contributed by atoms with E-state index < -0.39 is 11.4 Å². The van der Waals surface area contributed by atoms with Gasteiger partial charge in [-0.05, 0) is 64.4 Å². The molecule has 116 valence electrons. The molecule has 0 spiro atoms. The van der Waals surface area contributed by atoms with Crippen LogP contribution in [0.15, 0.2) is 24.3 Å². The fourth-order valence-corrected chi connectivity index (χ4v) is 2.72. The molecule has 1 aliphatic rings. The summed E-state index contributed by atoms with van der Waals surface area (Å²) in [5.74, 6) is 0.0664. The molecular weight excluding hydrogens is 266 g/mol. The van der Waals surface area contributed by atoms with Crippen molar-refractivity contribution < 1.29 is 14.6 Å². The molecule has 1 saturated heterocycles. The average Bonchev–Trinajstić information content (AvgIpc) is 2.38. The van der Waals surface area contributed by atoms with Crippen molar-refractivity contribution in [1.29, 1.82) is 0 Å². The van der Waals surface area contributed by atoms with Crippen molar-refractivity contribution in [2.75, 3.05) is 20.1 Å². The Balaban J connectivity index is 2.02. The fourth-order valence-electron chi connectivity index (χ4n) is 2.72. The molecule has 0 bridgehead atoms. The Hall–Kier alpha value is -1.55. The van der Waals surface area contributed by atoms with Gasteiger partial charge < -0.3 is 14.7 Å². The van der Waals surface area contributed by atoms with E-state index >= 15 is 0 Å². The van der Waals surface area contributed by atoms with Gasteiger partial charge in [0.05, 0.1) is 5.41 Å². The van der Waals surface area contributed by atoms with Crippen molar-refractivity contribution in [3.63, 3.8) is 0 Å². The molecule has 0 saturated carbocycles. The smallest absolute Gasteiger partial charge is 0.309 e. The summed E-state index contributed by atoms with van der Waals surface area (Å²) < 4.78 is 6.05. The van der Waals surface area contributed by atoms with Crippen molar-refractivity contribution in [3.8, 4) is 5.75 Å². The van der Waals surface area contributed by atoms with Crippen LogP contribution in [0.5, 0.6) is 5.75 Å². The van der Waals surface area contributed by atoms with Gasteiger partial charge in [0.1, 0.15) is 11.9 Å². The van der Waals surface area contributed by atoms with Crippen molar-refractivity contribution in [3.05, 3.63) is 29.8 Å². The number of rotatable bonds is 5. The second-order valence-electron chi connectivity index (χ2n) is 6.66. The highest BCUT2D eigenvalue weighted by molar-refractivity contribution is 5.74. The molecule has 0 aromatic heterocycles. The van der Waals surface area contributed by atoms with E-state index in [1.165, 1.54) is 0 Å². The van der Waals surface area contributed by atoms with E-state index in [1.807, 2.05) is 24.3 Å². The van der Waals surface area contributed by atoms with Crippen molar-refractivity contribution in [1.82, 2.24) is 4.90 Å². The van der Waals surface area contributed by atoms with Crippen molar-refractivity contribution >= 4 is 5.97 Å². The van der Waals surface area contributed by atoms with E-state index in [2.05, 4.69) is 11.9 Å². The molecule has 1 atom stereocenters. The number of benzene rings is 1. The molecule has 0 amide bonds. The van der Waals surface area contributed by atoms with Gasteiger partial charge in [-0.15, -0.1) is 0 Å². The van der Waals surface area contributed by atoms with Crippen LogP contribution in [0, 0.1) is 5.41 Å². The molecule has 1 aromatic carbocycles. The lowest BCUT2D eigenvalue weighted by molar-refractivity contribution is -0.146. The molecule has 2 rings (SSSR count). The maximum absolute atomic E-state index is 11.2. The summed E-state index contributed by atoms with van der Waals surface area (Å²) in [5.41, 5.74) is 0.244. The number of piperidine rings is 1. The Morgan fingerprint density at radius 1 is 1.48 bits per heavy atom. The first-order valence-corrected chi connectivity index (χ1v) is 7.54. The Labute approximate surface area is 126 Å². The van der Waals surface area contributed by atoms with Gasteiger partial charge in [0.2, 0.25) is 0 Å². The zero-order valence-electron chi connectivity index (χ0n) is 13.1. The van der Waals surface area contributed by atoms with Gasteiger partial charge in [-0.2, -0.15) is 0 Å². The molecular formula is C17H25NO3. The van der Waals surface area contributed by atoms with Crippen LogP contribution in [-0.4, -0.2) is 42.2 Å². The SMILES string of the molecule is CN1CCCC(Oc2cccc(CC(C)(C)C(=O)O)c2)C1. The van der Waals surface area contributed by atoms with Gasteiger partial charge in [0.25, 0.3) is 0 Å². The van der Waals surface area contributed by atoms with E-state index in [1.54, 1.807) is 13.8 Å². The predicted octanol–water partition coefficient (Wildman–Crippen LogP) is 2.81. The average molecular weight is 291 g/mol. The van der Waals surface area contributed by atoms with E-state index in [4.69, 9.17) is 4.74 Å². The molecule has 1 aliphatic heterocycles. The number of hydrogen-bond donors (Lipinski definition) is 1. The quantitative estimate of drug-likeness (QED) is 0.906. The first-order chi connectivity index (χ1) is 9.87. The lowest BCUT2D eigenvalue weighted by Gasteiger charge is -2.30. The Morgan fingerprint density at radius 2 is 2.24 bits per heavy atom. The van der Waals surface area contributed by atoms with Crippen LogP contribution in [0.2, 0.25) is 0 Å². The molecule has 0 aliphatic carbocycles. The third kappa shape index (κ3) is 4.46. The topological polar surface area (TPSA) is 49.8 Å². The summed E-state index contributed by atoms with van der Waals surface area (Å²) in [6, 6.07) is 7.82. The third-order valence-corrected chi connectivity index (χ3v) is 4.01. The van der Waals surface area contributed by atoms with Crippen LogP contribution in [-0.2, 0) is 11.2 Å². The van der Waals surface area contributed by atoms with Crippen LogP contribution >= 0.6 is 0 Å². The fraction of sp³-hybridized carbons (Fsp3) is 0.588. The molecule has 0 radical (unpaired) electrons. The molecule has 1 fully saturated rings. The molecule has 1 unspecified atom stereocenters. The number of carbonyl (C=O) groups is 1. The molecule has 1 N–H and O–H groups in total. The normalized spacial score (nSPS) is 20.2. The Bertz CT molecular complexity index is 499. The molecule has 1 aromatic rings. The first-order valence-electron chi connectivity index (χ1n) is 7.54. The summed E-state index contributed by atoms with van der Waals surface area (Å²) >= 11 is 0. The third-order valence-electron chi connectivity index (χ3n) is 4.01. The first kappa shape index (κ1) is 15.8. The number of nitrogens with zero attached hydrogens (tertiary/aromatic N) is 1. The Kier molecular flexibility index (Phi) is 4.88. The summed E-state index contributed by atoms with van der Waals surface area (Å²) in [6.07, 6.45) is 2.97. The van der Waals surface area contributed by atoms with Crippen LogP contribution in [0.3, 0.4) is 0 Å². The van der Waals surface area contributed by atoms with Crippen molar-refractivity contribution in [2.24, 2.45) is 5.41 Å². The maximum atomic E-state index is 11.2. The maximum Gasteiger partial charge on any atom is 0.309 e. The molecule has 21 heavy (non-hydrogen) atoms. The van der Waals surface area contributed by atoms with Crippen LogP contribution in [0.1, 0.15) is 32.3 Å². The minimum absolute atomic E-state index is 0.228. The number of ether oxygens (including phenoxy) is 1. The highest BCUT2D eigenvalue weighted by Crippen LogP contribution is 2.25. The number of carboxylic acids is 1. The van der Waals surface area contributed by atoms with Crippen LogP contribution in [0.25, 0.3) is 0 Å². The van der Waals surface area contributed by atoms with Gasteiger partial charge in [0, 0.05) is 6.54 Å². The highest BCUT2D eigenvalue weighted by atomic mass is 16.5. The van der Waals surface area contributed by atoms with Crippen LogP contribution in [0.4, 0.5) is 0 Å². The minimum atomic E-state index is -0.775. The largest absolute Gasteiger partial charge is 0.489 e. The van der Waals surface area contributed by atoms with Crippen LogP contribution < -0.4 is 4.74 Å². The predicted molar refractivity (Wildman–Crippen MR) is 82.7 cm³/mol. The van der Waals surface area contributed by atoms with Gasteiger partial charge in [-0.1, -0.05) is 12.1 Å². The van der Waals surface area contributed by atoms with Crippen molar-refractivity contribution in [2.45, 2.75) is 39.2 Å². The number of likely N-dealkylation sites (N-methyl/N-ethyl adjacent to an activating group) is 1. The standard InChI is InChI=1S/C17H25NO3/c1-17(2,16(19)20)11-13-6-4-7-14(10-13)21-15-8-5-9-18(3)12-15/h4,6-7,10,15H,5,8-9,11-12H2,1-3H3,(H,19,20). The van der Waals surface area contributed by atoms with E-state index in [9.17, 15) is 9.90 Å². The molecule has 4 nitrogen and oxygen atoms in total. The lowest BCUT2D eigenvalue weighted by atomic mass is 9.86. The Morgan fingerprint density at radius 3 is 2.90 bits per heavy atom. The minimum Gasteiger partial charge on any atom is -0.489 e. The number of carboxylic acid groups (broad SMARTS) is 1. The second kappa shape index (κ2) is 6.48.